The lowest BCUT2D eigenvalue weighted by molar-refractivity contribution is 0.415. The lowest BCUT2D eigenvalue weighted by atomic mass is 10.2. The highest BCUT2D eigenvalue weighted by atomic mass is 16.5. The highest BCUT2D eigenvalue weighted by molar-refractivity contribution is 5.73. The Hall–Kier alpha value is -2.70. The van der Waals surface area contributed by atoms with Crippen LogP contribution in [0.3, 0.4) is 0 Å². The largest absolute Gasteiger partial charge is 0.497 e. The van der Waals surface area contributed by atoms with Gasteiger partial charge >= 0.3 is 0 Å². The Labute approximate surface area is 129 Å². The van der Waals surface area contributed by atoms with Crippen molar-refractivity contribution in [1.82, 2.24) is 9.97 Å². The molecule has 0 aliphatic carbocycles. The molecule has 0 bridgehead atoms. The van der Waals surface area contributed by atoms with E-state index in [4.69, 9.17) is 16.2 Å². The van der Waals surface area contributed by atoms with Crippen LogP contribution >= 0.6 is 0 Å². The average Bonchev–Trinajstić information content (AvgIpc) is 2.58. The molecule has 0 spiro atoms. The Kier molecular flexibility index (Phi) is 3.86. The van der Waals surface area contributed by atoms with Crippen LogP contribution in [0.15, 0.2) is 30.6 Å². The molecule has 1 aromatic carbocycles. The Morgan fingerprint density at radius 3 is 2.23 bits per heavy atom. The van der Waals surface area contributed by atoms with Gasteiger partial charge in [0.2, 0.25) is 0 Å². The van der Waals surface area contributed by atoms with Crippen LogP contribution in [0.2, 0.25) is 0 Å². The average molecular weight is 300 g/mol. The van der Waals surface area contributed by atoms with Crippen LogP contribution in [0.25, 0.3) is 0 Å². The van der Waals surface area contributed by atoms with Gasteiger partial charge in [0.15, 0.2) is 11.6 Å². The molecule has 0 atom stereocenters. The first kappa shape index (κ1) is 14.2. The van der Waals surface area contributed by atoms with Crippen molar-refractivity contribution in [1.29, 1.82) is 0 Å². The van der Waals surface area contributed by atoms with Crippen molar-refractivity contribution >= 4 is 23.0 Å². The van der Waals surface area contributed by atoms with Gasteiger partial charge in [-0.1, -0.05) is 0 Å². The van der Waals surface area contributed by atoms with Gasteiger partial charge in [0.25, 0.3) is 0 Å². The molecule has 2 aromatic rings. The van der Waals surface area contributed by atoms with E-state index in [-0.39, 0.29) is 0 Å². The van der Waals surface area contributed by atoms with Crippen molar-refractivity contribution in [3.63, 3.8) is 0 Å². The van der Waals surface area contributed by atoms with E-state index < -0.39 is 0 Å². The third-order valence-corrected chi connectivity index (χ3v) is 3.91. The van der Waals surface area contributed by atoms with Crippen LogP contribution in [0, 0.1) is 0 Å². The van der Waals surface area contributed by atoms with Crippen molar-refractivity contribution < 1.29 is 4.74 Å². The molecule has 0 amide bonds. The molecule has 1 fully saturated rings. The van der Waals surface area contributed by atoms with Crippen molar-refractivity contribution in [3.8, 4) is 5.75 Å². The summed E-state index contributed by atoms with van der Waals surface area (Å²) in [6.45, 7) is 3.48. The Bertz CT molecular complexity index is 637. The zero-order valence-electron chi connectivity index (χ0n) is 12.6. The molecule has 0 radical (unpaired) electrons. The van der Waals surface area contributed by atoms with Gasteiger partial charge in [0.1, 0.15) is 17.8 Å². The number of piperazine rings is 1. The zero-order chi connectivity index (χ0) is 15.5. The number of anilines is 4. The number of rotatable bonds is 3. The number of ether oxygens (including phenoxy) is 1. The summed E-state index contributed by atoms with van der Waals surface area (Å²) in [6.07, 6.45) is 1.46. The minimum atomic E-state index is 0.336. The van der Waals surface area contributed by atoms with Crippen molar-refractivity contribution in [2.45, 2.75) is 0 Å². The highest BCUT2D eigenvalue weighted by Gasteiger charge is 2.20. The minimum absolute atomic E-state index is 0.336. The summed E-state index contributed by atoms with van der Waals surface area (Å²) in [4.78, 5) is 12.6. The molecule has 1 aliphatic heterocycles. The Balaban J connectivity index is 1.68. The van der Waals surface area contributed by atoms with Gasteiger partial charge in [-0.3, -0.25) is 0 Å². The maximum atomic E-state index is 5.97. The summed E-state index contributed by atoms with van der Waals surface area (Å²) in [5, 5.41) is 0. The molecule has 2 heterocycles. The number of nitrogens with two attached hydrogens (primary N) is 2. The van der Waals surface area contributed by atoms with E-state index in [0.29, 0.717) is 11.5 Å². The van der Waals surface area contributed by atoms with Crippen LogP contribution in [-0.4, -0.2) is 43.3 Å². The quantitative estimate of drug-likeness (QED) is 0.872. The number of nitrogen functional groups attached to an aromatic ring is 2. The third-order valence-electron chi connectivity index (χ3n) is 3.91. The number of hydrogen-bond acceptors (Lipinski definition) is 7. The van der Waals surface area contributed by atoms with Crippen LogP contribution in [-0.2, 0) is 0 Å². The molecule has 1 aliphatic rings. The second-order valence-corrected chi connectivity index (χ2v) is 5.17. The summed E-state index contributed by atoms with van der Waals surface area (Å²) < 4.78 is 5.19. The summed E-state index contributed by atoms with van der Waals surface area (Å²) in [5.74, 6) is 1.93. The first-order valence-electron chi connectivity index (χ1n) is 7.19. The van der Waals surface area contributed by atoms with Gasteiger partial charge in [-0.15, -0.1) is 0 Å². The van der Waals surface area contributed by atoms with E-state index in [0.717, 1.165) is 37.7 Å². The molecular formula is C15H20N6O. The van der Waals surface area contributed by atoms with E-state index in [1.807, 2.05) is 12.1 Å². The molecule has 1 aromatic heterocycles. The summed E-state index contributed by atoms with van der Waals surface area (Å²) >= 11 is 0. The van der Waals surface area contributed by atoms with Crippen LogP contribution < -0.4 is 26.0 Å². The lowest BCUT2D eigenvalue weighted by Crippen LogP contribution is -2.47. The van der Waals surface area contributed by atoms with Crippen LogP contribution in [0.4, 0.5) is 23.0 Å². The smallest absolute Gasteiger partial charge is 0.157 e. The number of nitrogens with zero attached hydrogens (tertiary/aromatic N) is 4. The zero-order valence-corrected chi connectivity index (χ0v) is 12.6. The minimum Gasteiger partial charge on any atom is -0.497 e. The monoisotopic (exact) mass is 300 g/mol. The Morgan fingerprint density at radius 1 is 0.955 bits per heavy atom. The fraction of sp³-hybridized carbons (Fsp3) is 0.333. The Morgan fingerprint density at radius 2 is 1.59 bits per heavy atom. The van der Waals surface area contributed by atoms with Gasteiger partial charge in [-0.2, -0.15) is 0 Å². The molecule has 3 rings (SSSR count). The maximum Gasteiger partial charge on any atom is 0.157 e. The fourth-order valence-corrected chi connectivity index (χ4v) is 2.62. The summed E-state index contributed by atoms with van der Waals surface area (Å²) in [7, 11) is 1.67. The molecule has 22 heavy (non-hydrogen) atoms. The van der Waals surface area contributed by atoms with Gasteiger partial charge in [0.05, 0.1) is 7.11 Å². The number of hydrogen-bond donors (Lipinski definition) is 2. The lowest BCUT2D eigenvalue weighted by Gasteiger charge is -2.37. The normalized spacial score (nSPS) is 15.0. The second kappa shape index (κ2) is 5.97. The number of aromatic nitrogens is 2. The van der Waals surface area contributed by atoms with Gasteiger partial charge in [-0.05, 0) is 24.3 Å². The second-order valence-electron chi connectivity index (χ2n) is 5.17. The fourth-order valence-electron chi connectivity index (χ4n) is 2.62. The standard InChI is InChI=1S/C15H20N6O/c1-22-12-4-2-11(3-5-12)20-6-8-21(9-7-20)15-13(16)14(17)18-10-19-15/h2-5,10H,6-9,16H2,1H3,(H2,17,18,19). The van der Waals surface area contributed by atoms with Gasteiger partial charge < -0.3 is 26.0 Å². The third kappa shape index (κ3) is 2.69. The first-order valence-corrected chi connectivity index (χ1v) is 7.19. The molecule has 0 unspecified atom stereocenters. The molecule has 4 N–H and O–H groups in total. The predicted octanol–water partition coefficient (Wildman–Crippen LogP) is 0.976. The van der Waals surface area contributed by atoms with Crippen molar-refractivity contribution in [2.24, 2.45) is 0 Å². The van der Waals surface area contributed by atoms with E-state index >= 15 is 0 Å². The van der Waals surface area contributed by atoms with E-state index in [1.165, 1.54) is 12.0 Å². The van der Waals surface area contributed by atoms with Crippen molar-refractivity contribution in [2.75, 3.05) is 54.6 Å². The SMILES string of the molecule is COc1ccc(N2CCN(c3ncnc(N)c3N)CC2)cc1. The number of methoxy groups -OCH3 is 1. The van der Waals surface area contributed by atoms with E-state index in [1.54, 1.807) is 7.11 Å². The number of benzene rings is 1. The van der Waals surface area contributed by atoms with E-state index in [9.17, 15) is 0 Å². The van der Waals surface area contributed by atoms with Crippen molar-refractivity contribution in [3.05, 3.63) is 30.6 Å². The highest BCUT2D eigenvalue weighted by Crippen LogP contribution is 2.26. The summed E-state index contributed by atoms with van der Waals surface area (Å²) in [6, 6.07) is 8.10. The maximum absolute atomic E-state index is 5.97. The van der Waals surface area contributed by atoms with Gasteiger partial charge in [-0.25, -0.2) is 9.97 Å². The van der Waals surface area contributed by atoms with Gasteiger partial charge in [0, 0.05) is 31.9 Å². The molecular weight excluding hydrogens is 280 g/mol. The van der Waals surface area contributed by atoms with Crippen LogP contribution in [0.5, 0.6) is 5.75 Å². The summed E-state index contributed by atoms with van der Waals surface area (Å²) in [5.41, 5.74) is 13.4. The molecule has 116 valence electrons. The molecule has 7 nitrogen and oxygen atoms in total. The topological polar surface area (TPSA) is 93.5 Å². The molecule has 1 saturated heterocycles. The predicted molar refractivity (Wildman–Crippen MR) is 88.3 cm³/mol. The first-order chi connectivity index (χ1) is 10.7. The molecule has 0 saturated carbocycles. The molecule has 7 heteroatoms. The van der Waals surface area contributed by atoms with Crippen LogP contribution in [0.1, 0.15) is 0 Å². The van der Waals surface area contributed by atoms with E-state index in [2.05, 4.69) is 31.9 Å².